The van der Waals surface area contributed by atoms with E-state index in [0.29, 0.717) is 50.4 Å². The maximum Gasteiger partial charge on any atom is 0.418 e. The van der Waals surface area contributed by atoms with E-state index in [0.717, 1.165) is 5.71 Å². The van der Waals surface area contributed by atoms with E-state index < -0.39 is 34.0 Å². The van der Waals surface area contributed by atoms with Gasteiger partial charge in [-0.3, -0.25) is 14.2 Å². The van der Waals surface area contributed by atoms with Crippen molar-refractivity contribution in [2.45, 2.75) is 43.4 Å². The number of oxime groups is 1. The van der Waals surface area contributed by atoms with E-state index in [9.17, 15) is 18.0 Å². The van der Waals surface area contributed by atoms with Crippen LogP contribution in [-0.2, 0) is 24.3 Å². The van der Waals surface area contributed by atoms with Crippen LogP contribution in [0, 0.1) is 0 Å². The third kappa shape index (κ3) is 3.47. The minimum Gasteiger partial charge on any atom is -0.387 e. The summed E-state index contributed by atoms with van der Waals surface area (Å²) in [6.45, 7) is 1.66. The Morgan fingerprint density at radius 2 is 2.22 bits per heavy atom. The molecule has 13 heteroatoms. The molecule has 4 heterocycles. The number of carbonyl (C=O) groups is 2. The van der Waals surface area contributed by atoms with Crippen LogP contribution in [0.5, 0.6) is 0 Å². The summed E-state index contributed by atoms with van der Waals surface area (Å²) in [5.74, 6) is -0.397. The molecule has 3 saturated heterocycles. The number of fused-ring (bicyclic) bond motifs is 2. The summed E-state index contributed by atoms with van der Waals surface area (Å²) >= 11 is 0. The summed E-state index contributed by atoms with van der Waals surface area (Å²) in [6, 6.07) is -1.37. The number of piperidine rings is 1. The highest BCUT2D eigenvalue weighted by Crippen LogP contribution is 2.38. The average molecular weight is 403 g/mol. The molecular formula is C14H21N5O7S. The molecule has 3 atom stereocenters. The van der Waals surface area contributed by atoms with Gasteiger partial charge >= 0.3 is 16.4 Å². The smallest absolute Gasteiger partial charge is 0.387 e. The summed E-state index contributed by atoms with van der Waals surface area (Å²) in [4.78, 5) is 32.7. The highest BCUT2D eigenvalue weighted by molar-refractivity contribution is 7.80. The number of likely N-dealkylation sites (tertiary alicyclic amines) is 1. The van der Waals surface area contributed by atoms with E-state index in [-0.39, 0.29) is 12.6 Å². The van der Waals surface area contributed by atoms with Crippen LogP contribution >= 0.6 is 0 Å². The molecule has 1 unspecified atom stereocenters. The number of nitrogens with zero attached hydrogens (tertiary/aromatic N) is 4. The zero-order chi connectivity index (χ0) is 19.4. The van der Waals surface area contributed by atoms with Gasteiger partial charge < -0.3 is 15.5 Å². The number of urea groups is 1. The van der Waals surface area contributed by atoms with E-state index in [1.165, 1.54) is 4.90 Å². The first-order valence-corrected chi connectivity index (χ1v) is 10.0. The average Bonchev–Trinajstić information content (AvgIpc) is 3.22. The van der Waals surface area contributed by atoms with Crippen LogP contribution in [0.15, 0.2) is 5.16 Å². The van der Waals surface area contributed by atoms with Gasteiger partial charge in [-0.1, -0.05) is 5.16 Å². The van der Waals surface area contributed by atoms with E-state index in [1.54, 1.807) is 0 Å². The van der Waals surface area contributed by atoms with Gasteiger partial charge in [0.15, 0.2) is 5.60 Å². The van der Waals surface area contributed by atoms with Crippen molar-refractivity contribution in [1.82, 2.24) is 14.9 Å². The van der Waals surface area contributed by atoms with E-state index >= 15 is 0 Å². The molecule has 4 aliphatic rings. The van der Waals surface area contributed by atoms with Crippen LogP contribution in [0.4, 0.5) is 4.79 Å². The number of amides is 3. The second-order valence-electron chi connectivity index (χ2n) is 7.47. The minimum atomic E-state index is -4.77. The summed E-state index contributed by atoms with van der Waals surface area (Å²) in [5.41, 5.74) is 5.45. The molecule has 0 aromatic carbocycles. The molecular weight excluding hydrogens is 382 g/mol. The van der Waals surface area contributed by atoms with Gasteiger partial charge in [-0.2, -0.15) is 13.5 Å². The van der Waals surface area contributed by atoms with Crippen molar-refractivity contribution in [2.24, 2.45) is 10.9 Å². The molecule has 0 saturated carbocycles. The van der Waals surface area contributed by atoms with Gasteiger partial charge in [-0.25, -0.2) is 4.79 Å². The number of rotatable bonds is 5. The molecule has 2 bridgehead atoms. The zero-order valence-corrected chi connectivity index (χ0v) is 15.3. The molecule has 1 spiro atoms. The second kappa shape index (κ2) is 6.29. The molecule has 3 amide bonds. The first kappa shape index (κ1) is 18.4. The molecule has 150 valence electrons. The Morgan fingerprint density at radius 3 is 2.93 bits per heavy atom. The van der Waals surface area contributed by atoms with Crippen LogP contribution in [0.2, 0.25) is 0 Å². The normalized spacial score (nSPS) is 33.7. The third-order valence-corrected chi connectivity index (χ3v) is 5.87. The summed E-state index contributed by atoms with van der Waals surface area (Å²) in [7, 11) is -4.77. The minimum absolute atomic E-state index is 0.165. The standard InChI is InChI=1S/C14H21N5O7S/c15-12(20)7-17-4-3-14(8-17)5-10(16-25-14)11-2-1-9-6-18(11)13(21)19(9)26-27(22,23)24/h9,11H,1-8H2,(H2,15,20)(H,22,23,24)/t9-,11+,14?/m1/s1. The van der Waals surface area contributed by atoms with Crippen molar-refractivity contribution in [1.29, 1.82) is 0 Å². The molecule has 0 aromatic rings. The Morgan fingerprint density at radius 1 is 1.44 bits per heavy atom. The van der Waals surface area contributed by atoms with Gasteiger partial charge in [0.05, 0.1) is 24.3 Å². The summed E-state index contributed by atoms with van der Waals surface area (Å²) in [6.07, 6.45) is 2.34. The van der Waals surface area contributed by atoms with Crippen LogP contribution < -0.4 is 5.73 Å². The second-order valence-corrected chi connectivity index (χ2v) is 8.48. The summed E-state index contributed by atoms with van der Waals surface area (Å²) < 4.78 is 35.3. The molecule has 0 radical (unpaired) electrons. The van der Waals surface area contributed by atoms with Crippen molar-refractivity contribution in [3.63, 3.8) is 0 Å². The maximum absolute atomic E-state index is 12.5. The van der Waals surface area contributed by atoms with Crippen molar-refractivity contribution < 1.29 is 31.7 Å². The van der Waals surface area contributed by atoms with Crippen molar-refractivity contribution in [3.05, 3.63) is 0 Å². The van der Waals surface area contributed by atoms with Crippen LogP contribution in [-0.4, -0.2) is 89.3 Å². The fraction of sp³-hybridized carbons (Fsp3) is 0.786. The fourth-order valence-electron chi connectivity index (χ4n) is 4.41. The van der Waals surface area contributed by atoms with Gasteiger partial charge in [0.25, 0.3) is 0 Å². The lowest BCUT2D eigenvalue weighted by Gasteiger charge is -2.30. The quantitative estimate of drug-likeness (QED) is 0.536. The Labute approximate surface area is 155 Å². The predicted octanol–water partition coefficient (Wildman–Crippen LogP) is -1.30. The number of hydrogen-bond acceptors (Lipinski definition) is 8. The molecule has 4 rings (SSSR count). The maximum atomic E-state index is 12.5. The van der Waals surface area contributed by atoms with Gasteiger partial charge in [0.2, 0.25) is 5.91 Å². The Balaban J connectivity index is 1.43. The lowest BCUT2D eigenvalue weighted by Crippen LogP contribution is -2.46. The number of hydroxylamine groups is 2. The largest absolute Gasteiger partial charge is 0.418 e. The number of hydrogen-bond donors (Lipinski definition) is 2. The Kier molecular flexibility index (Phi) is 4.29. The fourth-order valence-corrected chi connectivity index (χ4v) is 4.80. The highest BCUT2D eigenvalue weighted by Gasteiger charge is 2.52. The first-order valence-electron chi connectivity index (χ1n) is 8.68. The van der Waals surface area contributed by atoms with Crippen molar-refractivity contribution in [3.8, 4) is 0 Å². The summed E-state index contributed by atoms with van der Waals surface area (Å²) in [5, 5.41) is 4.93. The Hall–Kier alpha value is -1.96. The molecule has 27 heavy (non-hydrogen) atoms. The van der Waals surface area contributed by atoms with Crippen molar-refractivity contribution in [2.75, 3.05) is 26.2 Å². The van der Waals surface area contributed by atoms with E-state index in [4.69, 9.17) is 15.1 Å². The number of carbonyl (C=O) groups excluding carboxylic acids is 2. The van der Waals surface area contributed by atoms with E-state index in [2.05, 4.69) is 9.44 Å². The molecule has 12 nitrogen and oxygen atoms in total. The number of primary amides is 1. The SMILES string of the molecule is NC(=O)CN1CCC2(CC([C@@H]3CC[C@@H]4CN3C(=O)N4OS(=O)(=O)O)=NO2)C1. The monoisotopic (exact) mass is 403 g/mol. The molecule has 4 aliphatic heterocycles. The lowest BCUT2D eigenvalue weighted by molar-refractivity contribution is -0.119. The van der Waals surface area contributed by atoms with Gasteiger partial charge in [0.1, 0.15) is 0 Å². The third-order valence-electron chi connectivity index (χ3n) is 5.52. The topological polar surface area (TPSA) is 155 Å². The highest BCUT2D eigenvalue weighted by atomic mass is 32.3. The van der Waals surface area contributed by atoms with Gasteiger partial charge in [-0.15, -0.1) is 4.28 Å². The Bertz CT molecular complexity index is 802. The van der Waals surface area contributed by atoms with Crippen molar-refractivity contribution >= 4 is 28.0 Å². The zero-order valence-electron chi connectivity index (χ0n) is 14.5. The first-order chi connectivity index (χ1) is 12.7. The predicted molar refractivity (Wildman–Crippen MR) is 89.5 cm³/mol. The van der Waals surface area contributed by atoms with E-state index in [1.807, 2.05) is 4.90 Å². The molecule has 3 fully saturated rings. The van der Waals surface area contributed by atoms with Crippen LogP contribution in [0.3, 0.4) is 0 Å². The lowest BCUT2D eigenvalue weighted by atomic mass is 9.89. The van der Waals surface area contributed by atoms with Gasteiger partial charge in [0, 0.05) is 32.5 Å². The molecule has 0 aromatic heterocycles. The molecule has 0 aliphatic carbocycles. The van der Waals surface area contributed by atoms with Crippen LogP contribution in [0.25, 0.3) is 0 Å². The molecule has 3 N–H and O–H groups in total. The number of nitrogens with two attached hydrogens (primary N) is 1. The van der Waals surface area contributed by atoms with Gasteiger partial charge in [-0.05, 0) is 12.8 Å². The van der Waals surface area contributed by atoms with Crippen LogP contribution in [0.1, 0.15) is 25.7 Å².